The standard InChI is InChI=1S/C16H22N2O2/c1-10-11(2)18-14-7-6-12(8-13(10)14)15(19)17-9-16(3,4)20-5/h6-8,18H,9H2,1-5H3,(H,17,19). The van der Waals surface area contributed by atoms with E-state index in [0.29, 0.717) is 12.1 Å². The molecule has 0 saturated carbocycles. The van der Waals surface area contributed by atoms with Crippen LogP contribution in [0.5, 0.6) is 0 Å². The number of aryl methyl sites for hydroxylation is 2. The number of aromatic nitrogens is 1. The number of ether oxygens (including phenoxy) is 1. The summed E-state index contributed by atoms with van der Waals surface area (Å²) in [7, 11) is 1.64. The molecule has 4 heteroatoms. The van der Waals surface area contributed by atoms with Crippen LogP contribution in [0.15, 0.2) is 18.2 Å². The Balaban J connectivity index is 2.20. The molecular weight excluding hydrogens is 252 g/mol. The number of amides is 1. The minimum absolute atomic E-state index is 0.0738. The SMILES string of the molecule is COC(C)(C)CNC(=O)c1ccc2[nH]c(C)c(C)c2c1. The highest BCUT2D eigenvalue weighted by atomic mass is 16.5. The lowest BCUT2D eigenvalue weighted by atomic mass is 10.1. The molecule has 1 heterocycles. The van der Waals surface area contributed by atoms with Gasteiger partial charge in [-0.1, -0.05) is 0 Å². The van der Waals surface area contributed by atoms with Crippen LogP contribution in [0.25, 0.3) is 10.9 Å². The first-order chi connectivity index (χ1) is 9.34. The first-order valence-electron chi connectivity index (χ1n) is 6.76. The molecule has 4 nitrogen and oxygen atoms in total. The van der Waals surface area contributed by atoms with E-state index in [4.69, 9.17) is 4.74 Å². The van der Waals surface area contributed by atoms with E-state index in [-0.39, 0.29) is 11.5 Å². The third kappa shape index (κ3) is 2.85. The van der Waals surface area contributed by atoms with Gasteiger partial charge in [-0.05, 0) is 51.5 Å². The molecule has 20 heavy (non-hydrogen) atoms. The van der Waals surface area contributed by atoms with Crippen LogP contribution < -0.4 is 5.32 Å². The monoisotopic (exact) mass is 274 g/mol. The van der Waals surface area contributed by atoms with E-state index in [1.807, 2.05) is 39.0 Å². The Morgan fingerprint density at radius 3 is 2.70 bits per heavy atom. The number of methoxy groups -OCH3 is 1. The topological polar surface area (TPSA) is 54.1 Å². The molecule has 0 radical (unpaired) electrons. The highest BCUT2D eigenvalue weighted by Crippen LogP contribution is 2.22. The molecule has 0 aliphatic rings. The van der Waals surface area contributed by atoms with E-state index in [2.05, 4.69) is 17.2 Å². The Morgan fingerprint density at radius 1 is 1.35 bits per heavy atom. The lowest BCUT2D eigenvalue weighted by Crippen LogP contribution is -2.39. The minimum atomic E-state index is -0.361. The smallest absolute Gasteiger partial charge is 0.251 e. The van der Waals surface area contributed by atoms with Crippen LogP contribution >= 0.6 is 0 Å². The van der Waals surface area contributed by atoms with Gasteiger partial charge >= 0.3 is 0 Å². The number of aromatic amines is 1. The molecule has 0 aliphatic carbocycles. The molecule has 1 aromatic carbocycles. The highest BCUT2D eigenvalue weighted by molar-refractivity contribution is 5.99. The van der Waals surface area contributed by atoms with Crippen LogP contribution in [0, 0.1) is 13.8 Å². The molecule has 0 saturated heterocycles. The van der Waals surface area contributed by atoms with E-state index in [9.17, 15) is 4.79 Å². The predicted octanol–water partition coefficient (Wildman–Crippen LogP) is 2.94. The number of carbonyl (C=O) groups is 1. The molecule has 0 bridgehead atoms. The lowest BCUT2D eigenvalue weighted by molar-refractivity contribution is 0.0229. The highest BCUT2D eigenvalue weighted by Gasteiger charge is 2.18. The van der Waals surface area contributed by atoms with Crippen LogP contribution in [0.3, 0.4) is 0 Å². The van der Waals surface area contributed by atoms with E-state index < -0.39 is 0 Å². The molecular formula is C16H22N2O2. The normalized spacial score (nSPS) is 11.8. The summed E-state index contributed by atoms with van der Waals surface area (Å²) in [5, 5.41) is 4.01. The van der Waals surface area contributed by atoms with Gasteiger partial charge in [0.15, 0.2) is 0 Å². The zero-order chi connectivity index (χ0) is 14.9. The first kappa shape index (κ1) is 14.6. The molecule has 1 aromatic heterocycles. The van der Waals surface area contributed by atoms with E-state index in [1.165, 1.54) is 5.56 Å². The number of H-pyrrole nitrogens is 1. The number of hydrogen-bond acceptors (Lipinski definition) is 2. The summed E-state index contributed by atoms with van der Waals surface area (Å²) in [6.07, 6.45) is 0. The fourth-order valence-electron chi connectivity index (χ4n) is 2.07. The van der Waals surface area contributed by atoms with E-state index >= 15 is 0 Å². The summed E-state index contributed by atoms with van der Waals surface area (Å²) in [6.45, 7) is 8.46. The van der Waals surface area contributed by atoms with Gasteiger partial charge in [-0.3, -0.25) is 4.79 Å². The summed E-state index contributed by atoms with van der Waals surface area (Å²) in [4.78, 5) is 15.5. The summed E-state index contributed by atoms with van der Waals surface area (Å²) < 4.78 is 5.30. The van der Waals surface area contributed by atoms with E-state index in [1.54, 1.807) is 7.11 Å². The largest absolute Gasteiger partial charge is 0.377 e. The van der Waals surface area contributed by atoms with Crippen molar-refractivity contribution in [2.45, 2.75) is 33.3 Å². The maximum Gasteiger partial charge on any atom is 0.251 e. The van der Waals surface area contributed by atoms with Crippen molar-refractivity contribution in [1.29, 1.82) is 0 Å². The first-order valence-corrected chi connectivity index (χ1v) is 6.76. The number of benzene rings is 1. The van der Waals surface area contributed by atoms with Crippen molar-refractivity contribution >= 4 is 16.8 Å². The maximum atomic E-state index is 12.2. The molecule has 0 aliphatic heterocycles. The summed E-state index contributed by atoms with van der Waals surface area (Å²) in [5.41, 5.74) is 3.70. The van der Waals surface area contributed by atoms with Crippen molar-refractivity contribution in [2.75, 3.05) is 13.7 Å². The van der Waals surface area contributed by atoms with Crippen LogP contribution in [0.2, 0.25) is 0 Å². The summed E-state index contributed by atoms with van der Waals surface area (Å²) in [5.74, 6) is -0.0738. The quantitative estimate of drug-likeness (QED) is 0.900. The van der Waals surface area contributed by atoms with Gasteiger partial charge in [0.25, 0.3) is 5.91 Å². The van der Waals surface area contributed by atoms with Crippen molar-refractivity contribution < 1.29 is 9.53 Å². The van der Waals surface area contributed by atoms with Crippen molar-refractivity contribution in [3.8, 4) is 0 Å². The number of hydrogen-bond donors (Lipinski definition) is 2. The zero-order valence-electron chi connectivity index (χ0n) is 12.8. The van der Waals surface area contributed by atoms with Gasteiger partial charge in [-0.15, -0.1) is 0 Å². The Bertz CT molecular complexity index is 641. The maximum absolute atomic E-state index is 12.2. The summed E-state index contributed by atoms with van der Waals surface area (Å²) >= 11 is 0. The summed E-state index contributed by atoms with van der Waals surface area (Å²) in [6, 6.07) is 5.72. The molecule has 0 atom stereocenters. The van der Waals surface area contributed by atoms with Crippen molar-refractivity contribution in [2.24, 2.45) is 0 Å². The second-order valence-corrected chi connectivity index (χ2v) is 5.78. The second kappa shape index (κ2) is 5.29. The minimum Gasteiger partial charge on any atom is -0.377 e. The Morgan fingerprint density at radius 2 is 2.05 bits per heavy atom. The van der Waals surface area contributed by atoms with Crippen molar-refractivity contribution in [1.82, 2.24) is 10.3 Å². The average Bonchev–Trinajstić information content (AvgIpc) is 2.71. The molecule has 2 aromatic rings. The number of fused-ring (bicyclic) bond motifs is 1. The molecule has 1 amide bonds. The Hall–Kier alpha value is -1.81. The zero-order valence-corrected chi connectivity index (χ0v) is 12.8. The van der Waals surface area contributed by atoms with Gasteiger partial charge in [-0.2, -0.15) is 0 Å². The lowest BCUT2D eigenvalue weighted by Gasteiger charge is -2.23. The number of carbonyl (C=O) groups excluding carboxylic acids is 1. The Labute approximate surface area is 119 Å². The van der Waals surface area contributed by atoms with Crippen molar-refractivity contribution in [3.05, 3.63) is 35.0 Å². The fraction of sp³-hybridized carbons (Fsp3) is 0.438. The van der Waals surface area contributed by atoms with Gasteiger partial charge < -0.3 is 15.0 Å². The van der Waals surface area contributed by atoms with Crippen LogP contribution in [0.1, 0.15) is 35.5 Å². The third-order valence-electron chi connectivity index (χ3n) is 3.80. The van der Waals surface area contributed by atoms with E-state index in [0.717, 1.165) is 16.6 Å². The molecule has 108 valence electrons. The second-order valence-electron chi connectivity index (χ2n) is 5.78. The van der Waals surface area contributed by atoms with Gasteiger partial charge in [0.2, 0.25) is 0 Å². The van der Waals surface area contributed by atoms with Crippen LogP contribution in [-0.4, -0.2) is 30.1 Å². The van der Waals surface area contributed by atoms with Gasteiger partial charge in [0, 0.05) is 35.8 Å². The molecule has 0 fully saturated rings. The number of rotatable bonds is 4. The molecule has 2 N–H and O–H groups in total. The molecule has 0 unspecified atom stereocenters. The van der Waals surface area contributed by atoms with Crippen LogP contribution in [0.4, 0.5) is 0 Å². The average molecular weight is 274 g/mol. The fourth-order valence-corrected chi connectivity index (χ4v) is 2.07. The third-order valence-corrected chi connectivity index (χ3v) is 3.80. The van der Waals surface area contributed by atoms with Gasteiger partial charge in [0.05, 0.1) is 5.60 Å². The number of nitrogens with one attached hydrogen (secondary N) is 2. The van der Waals surface area contributed by atoms with Gasteiger partial charge in [0.1, 0.15) is 0 Å². The molecule has 0 spiro atoms. The molecule has 2 rings (SSSR count). The van der Waals surface area contributed by atoms with Crippen molar-refractivity contribution in [3.63, 3.8) is 0 Å². The van der Waals surface area contributed by atoms with Crippen LogP contribution in [-0.2, 0) is 4.74 Å². The Kier molecular flexibility index (Phi) is 3.86. The predicted molar refractivity (Wildman–Crippen MR) is 81.2 cm³/mol. The van der Waals surface area contributed by atoms with Gasteiger partial charge in [-0.25, -0.2) is 0 Å².